The highest BCUT2D eigenvalue weighted by Gasteiger charge is 2.07. The van der Waals surface area contributed by atoms with Gasteiger partial charge in [0.2, 0.25) is 0 Å². The lowest BCUT2D eigenvalue weighted by atomic mass is 10.3. The first-order chi connectivity index (χ1) is 8.69. The number of aryl methyl sites for hydroxylation is 1. The molecule has 92 valence electrons. The monoisotopic (exact) mass is 261 g/mol. The minimum Gasteiger partial charge on any atom is -0.477 e. The molecule has 0 saturated carbocycles. The number of aromatic carboxylic acids is 1. The molecule has 0 aliphatic carbocycles. The zero-order chi connectivity index (χ0) is 13.0. The van der Waals surface area contributed by atoms with Crippen molar-refractivity contribution in [2.24, 2.45) is 0 Å². The first-order valence-electron chi connectivity index (χ1n) is 5.37. The van der Waals surface area contributed by atoms with Crippen molar-refractivity contribution in [3.8, 4) is 0 Å². The van der Waals surface area contributed by atoms with E-state index in [2.05, 4.69) is 15.0 Å². The fraction of sp³-hybridized carbons (Fsp3) is 0.167. The number of hydrogen-bond acceptors (Lipinski definition) is 5. The predicted molar refractivity (Wildman–Crippen MR) is 66.7 cm³/mol. The van der Waals surface area contributed by atoms with Gasteiger partial charge in [-0.25, -0.2) is 19.7 Å². The van der Waals surface area contributed by atoms with Gasteiger partial charge >= 0.3 is 5.97 Å². The quantitative estimate of drug-likeness (QED) is 0.851. The topological polar surface area (TPSA) is 76.0 Å². The van der Waals surface area contributed by atoms with Crippen molar-refractivity contribution in [2.75, 3.05) is 0 Å². The summed E-state index contributed by atoms with van der Waals surface area (Å²) in [5.74, 6) is -1.03. The van der Waals surface area contributed by atoms with Crippen LogP contribution in [-0.4, -0.2) is 26.0 Å². The highest BCUT2D eigenvalue weighted by atomic mass is 32.2. The van der Waals surface area contributed by atoms with E-state index >= 15 is 0 Å². The summed E-state index contributed by atoms with van der Waals surface area (Å²) in [6.45, 7) is 2.02. The van der Waals surface area contributed by atoms with Gasteiger partial charge in [-0.1, -0.05) is 18.7 Å². The van der Waals surface area contributed by atoms with Crippen LogP contribution in [0.15, 0.2) is 40.6 Å². The maximum Gasteiger partial charge on any atom is 0.354 e. The van der Waals surface area contributed by atoms with Crippen LogP contribution in [0.5, 0.6) is 0 Å². The molecule has 2 aromatic rings. The Balaban J connectivity index is 2.22. The lowest BCUT2D eigenvalue weighted by molar-refractivity contribution is 0.0690. The molecule has 0 unspecified atom stereocenters. The molecule has 18 heavy (non-hydrogen) atoms. The van der Waals surface area contributed by atoms with Crippen molar-refractivity contribution < 1.29 is 9.90 Å². The number of aromatic nitrogens is 3. The number of carbonyl (C=O) groups is 1. The molecule has 0 amide bonds. The van der Waals surface area contributed by atoms with Crippen molar-refractivity contribution >= 4 is 17.7 Å². The van der Waals surface area contributed by atoms with E-state index in [4.69, 9.17) is 5.11 Å². The van der Waals surface area contributed by atoms with Crippen LogP contribution < -0.4 is 0 Å². The molecule has 0 aliphatic heterocycles. The molecule has 2 rings (SSSR count). The van der Waals surface area contributed by atoms with Crippen LogP contribution in [0.1, 0.15) is 23.1 Å². The molecule has 0 aliphatic rings. The maximum atomic E-state index is 10.8. The Morgan fingerprint density at radius 2 is 2.17 bits per heavy atom. The molecule has 2 heterocycles. The molecule has 0 radical (unpaired) electrons. The Kier molecular flexibility index (Phi) is 3.88. The summed E-state index contributed by atoms with van der Waals surface area (Å²) in [4.78, 5) is 23.6. The van der Waals surface area contributed by atoms with Crippen molar-refractivity contribution in [3.63, 3.8) is 0 Å². The molecule has 0 bridgehead atoms. The Morgan fingerprint density at radius 3 is 2.89 bits per heavy atom. The molecule has 0 aromatic carbocycles. The second kappa shape index (κ2) is 5.59. The maximum absolute atomic E-state index is 10.8. The number of carboxylic acid groups (broad SMARTS) is 1. The van der Waals surface area contributed by atoms with Gasteiger partial charge in [0.1, 0.15) is 17.0 Å². The van der Waals surface area contributed by atoms with Crippen molar-refractivity contribution in [2.45, 2.75) is 23.3 Å². The van der Waals surface area contributed by atoms with E-state index in [1.807, 2.05) is 13.0 Å². The molecule has 0 fully saturated rings. The minimum atomic E-state index is -1.03. The molecule has 0 saturated heterocycles. The number of pyridine rings is 1. The van der Waals surface area contributed by atoms with Gasteiger partial charge in [0.25, 0.3) is 0 Å². The summed E-state index contributed by atoms with van der Waals surface area (Å²) in [7, 11) is 0. The summed E-state index contributed by atoms with van der Waals surface area (Å²) >= 11 is 1.39. The van der Waals surface area contributed by atoms with E-state index in [1.54, 1.807) is 6.07 Å². The van der Waals surface area contributed by atoms with Crippen LogP contribution in [0.25, 0.3) is 0 Å². The van der Waals surface area contributed by atoms with Gasteiger partial charge < -0.3 is 5.11 Å². The van der Waals surface area contributed by atoms with Gasteiger partial charge in [-0.05, 0) is 24.6 Å². The van der Waals surface area contributed by atoms with Gasteiger partial charge in [-0.3, -0.25) is 0 Å². The third-order valence-electron chi connectivity index (χ3n) is 2.23. The molecule has 2 aromatic heterocycles. The average molecular weight is 261 g/mol. The van der Waals surface area contributed by atoms with Gasteiger partial charge in [-0.2, -0.15) is 0 Å². The fourth-order valence-corrected chi connectivity index (χ4v) is 2.17. The zero-order valence-corrected chi connectivity index (χ0v) is 10.5. The molecule has 1 N–H and O–H groups in total. The van der Waals surface area contributed by atoms with E-state index in [0.717, 1.165) is 22.0 Å². The molecular formula is C12H11N3O2S. The number of carboxylic acids is 1. The zero-order valence-electron chi connectivity index (χ0n) is 9.70. The summed E-state index contributed by atoms with van der Waals surface area (Å²) in [6.07, 6.45) is 3.83. The summed E-state index contributed by atoms with van der Waals surface area (Å²) in [5.41, 5.74) is 0.991. The highest BCUT2D eigenvalue weighted by molar-refractivity contribution is 7.99. The van der Waals surface area contributed by atoms with E-state index < -0.39 is 5.97 Å². The summed E-state index contributed by atoms with van der Waals surface area (Å²) in [5, 5.41) is 9.66. The molecule has 0 spiro atoms. The highest BCUT2D eigenvalue weighted by Crippen LogP contribution is 2.26. The van der Waals surface area contributed by atoms with Crippen molar-refractivity contribution in [1.82, 2.24) is 15.0 Å². The fourth-order valence-electron chi connectivity index (χ4n) is 1.34. The first-order valence-corrected chi connectivity index (χ1v) is 6.19. The second-order valence-corrected chi connectivity index (χ2v) is 4.58. The van der Waals surface area contributed by atoms with E-state index in [0.29, 0.717) is 0 Å². The molecule has 6 heteroatoms. The van der Waals surface area contributed by atoms with Crippen LogP contribution >= 0.6 is 11.8 Å². The third-order valence-corrected chi connectivity index (χ3v) is 3.16. The minimum absolute atomic E-state index is 0.0322. The standard InChI is InChI=1S/C12H11N3O2S/c1-2-8-5-11(15-7-14-8)18-9-3-4-13-10(6-9)12(16)17/h3-7H,2H2,1H3,(H,16,17). The van der Waals surface area contributed by atoms with Gasteiger partial charge in [-0.15, -0.1) is 0 Å². The van der Waals surface area contributed by atoms with Gasteiger partial charge in [0.15, 0.2) is 0 Å². The Morgan fingerprint density at radius 1 is 1.33 bits per heavy atom. The summed E-state index contributed by atoms with van der Waals surface area (Å²) in [6, 6.07) is 5.18. The molecule has 0 atom stereocenters. The lowest BCUT2D eigenvalue weighted by Crippen LogP contribution is -1.99. The van der Waals surface area contributed by atoms with Crippen LogP contribution in [0.4, 0.5) is 0 Å². The Hall–Kier alpha value is -1.95. The Labute approximate surface area is 108 Å². The van der Waals surface area contributed by atoms with Crippen LogP contribution in [0.2, 0.25) is 0 Å². The first kappa shape index (κ1) is 12.5. The SMILES string of the molecule is CCc1cc(Sc2ccnc(C(=O)O)c2)ncn1. The van der Waals surface area contributed by atoms with Crippen LogP contribution in [0.3, 0.4) is 0 Å². The number of hydrogen-bond donors (Lipinski definition) is 1. The summed E-state index contributed by atoms with van der Waals surface area (Å²) < 4.78 is 0. The van der Waals surface area contributed by atoms with E-state index in [-0.39, 0.29) is 5.69 Å². The normalized spacial score (nSPS) is 10.3. The van der Waals surface area contributed by atoms with Gasteiger partial charge in [0, 0.05) is 16.8 Å². The smallest absolute Gasteiger partial charge is 0.354 e. The van der Waals surface area contributed by atoms with E-state index in [9.17, 15) is 4.79 Å². The van der Waals surface area contributed by atoms with Crippen LogP contribution in [0, 0.1) is 0 Å². The van der Waals surface area contributed by atoms with E-state index in [1.165, 1.54) is 30.4 Å². The molecule has 5 nitrogen and oxygen atoms in total. The Bertz CT molecular complexity index is 575. The predicted octanol–water partition coefficient (Wildman–Crippen LogP) is 2.28. The number of nitrogens with zero attached hydrogens (tertiary/aromatic N) is 3. The average Bonchev–Trinajstić information content (AvgIpc) is 2.39. The lowest BCUT2D eigenvalue weighted by Gasteiger charge is -2.02. The van der Waals surface area contributed by atoms with Gasteiger partial charge in [0.05, 0.1) is 0 Å². The molecular weight excluding hydrogens is 250 g/mol. The largest absolute Gasteiger partial charge is 0.477 e. The van der Waals surface area contributed by atoms with Crippen molar-refractivity contribution in [1.29, 1.82) is 0 Å². The van der Waals surface area contributed by atoms with Crippen molar-refractivity contribution in [3.05, 3.63) is 42.1 Å². The second-order valence-electron chi connectivity index (χ2n) is 3.49. The number of rotatable bonds is 4. The third kappa shape index (κ3) is 3.04. The van der Waals surface area contributed by atoms with Crippen LogP contribution in [-0.2, 0) is 6.42 Å².